The zero-order chi connectivity index (χ0) is 26.5. The van der Waals surface area contributed by atoms with Gasteiger partial charge >= 0.3 is 0 Å². The van der Waals surface area contributed by atoms with Crippen LogP contribution in [0, 0.1) is 5.92 Å². The van der Waals surface area contributed by atoms with Crippen LogP contribution in [0.5, 0.6) is 0 Å². The molecule has 0 spiro atoms. The first-order chi connectivity index (χ1) is 16.2. The Morgan fingerprint density at radius 1 is 0.943 bits per heavy atom. The summed E-state index contributed by atoms with van der Waals surface area (Å²) in [5.41, 5.74) is 0.671. The molecule has 192 valence electrons. The maximum atomic E-state index is 13.5. The number of carbonyl (C=O) groups excluding carboxylic acids is 2. The van der Waals surface area contributed by atoms with E-state index >= 15 is 0 Å². The zero-order valence-electron chi connectivity index (χ0n) is 19.7. The van der Waals surface area contributed by atoms with E-state index in [1.54, 1.807) is 25.1 Å². The molecule has 0 radical (unpaired) electrons. The van der Waals surface area contributed by atoms with Crippen LogP contribution in [-0.2, 0) is 26.2 Å². The quantitative estimate of drug-likeness (QED) is 0.414. The fourth-order valence-electron chi connectivity index (χ4n) is 3.14. The van der Waals surface area contributed by atoms with Crippen LogP contribution in [0.3, 0.4) is 0 Å². The minimum Gasteiger partial charge on any atom is -0.354 e. The first kappa shape index (κ1) is 29.5. The van der Waals surface area contributed by atoms with Crippen LogP contribution in [0.4, 0.5) is 5.69 Å². The Kier molecular flexibility index (Phi) is 10.5. The molecule has 0 aliphatic rings. The smallest absolute Gasteiger partial charge is 0.244 e. The predicted molar refractivity (Wildman–Crippen MR) is 143 cm³/mol. The number of nitrogens with one attached hydrogen (secondary N) is 1. The lowest BCUT2D eigenvalue weighted by molar-refractivity contribution is -0.139. The Bertz CT molecular complexity index is 1190. The van der Waals surface area contributed by atoms with Crippen LogP contribution in [0.1, 0.15) is 26.3 Å². The Balaban J connectivity index is 2.43. The van der Waals surface area contributed by atoms with Gasteiger partial charge in [0, 0.05) is 18.1 Å². The van der Waals surface area contributed by atoms with Crippen molar-refractivity contribution < 1.29 is 18.0 Å². The fraction of sp³-hybridized carbons (Fsp3) is 0.391. The average Bonchev–Trinajstić information content (AvgIpc) is 2.76. The summed E-state index contributed by atoms with van der Waals surface area (Å²) >= 11 is 24.4. The SMILES string of the molecule is CC(C)CNC(=O)C(C)N(Cc1ccc(Cl)c(Cl)c1)C(=O)CN(c1cc(Cl)ccc1Cl)S(C)(=O)=O. The second-order valence-corrected chi connectivity index (χ2v) is 12.0. The van der Waals surface area contributed by atoms with Crippen molar-refractivity contribution in [3.8, 4) is 0 Å². The zero-order valence-corrected chi connectivity index (χ0v) is 23.5. The van der Waals surface area contributed by atoms with E-state index in [9.17, 15) is 18.0 Å². The topological polar surface area (TPSA) is 86.8 Å². The highest BCUT2D eigenvalue weighted by atomic mass is 35.5. The van der Waals surface area contributed by atoms with E-state index in [-0.39, 0.29) is 39.1 Å². The van der Waals surface area contributed by atoms with Crippen molar-refractivity contribution in [1.82, 2.24) is 10.2 Å². The van der Waals surface area contributed by atoms with Gasteiger partial charge in [0.05, 0.1) is 27.0 Å². The molecule has 1 unspecified atom stereocenters. The summed E-state index contributed by atoms with van der Waals surface area (Å²) in [5.74, 6) is -0.792. The van der Waals surface area contributed by atoms with Gasteiger partial charge in [0.25, 0.3) is 0 Å². The van der Waals surface area contributed by atoms with Gasteiger partial charge in [0.1, 0.15) is 12.6 Å². The lowest BCUT2D eigenvalue weighted by Crippen LogP contribution is -2.51. The molecule has 1 N–H and O–H groups in total. The third kappa shape index (κ3) is 8.43. The van der Waals surface area contributed by atoms with Gasteiger partial charge in [-0.25, -0.2) is 8.42 Å². The summed E-state index contributed by atoms with van der Waals surface area (Å²) in [7, 11) is -3.93. The van der Waals surface area contributed by atoms with E-state index < -0.39 is 28.5 Å². The van der Waals surface area contributed by atoms with Crippen molar-refractivity contribution in [2.75, 3.05) is 23.7 Å². The molecule has 0 saturated heterocycles. The summed E-state index contributed by atoms with van der Waals surface area (Å²) in [5, 5.41) is 3.79. The van der Waals surface area contributed by atoms with Gasteiger partial charge in [-0.2, -0.15) is 0 Å². The van der Waals surface area contributed by atoms with Gasteiger partial charge in [0.15, 0.2) is 0 Å². The molecule has 2 aromatic carbocycles. The summed E-state index contributed by atoms with van der Waals surface area (Å²) in [6.07, 6.45) is 0.958. The summed E-state index contributed by atoms with van der Waals surface area (Å²) in [4.78, 5) is 27.6. The van der Waals surface area contributed by atoms with Gasteiger partial charge in [-0.1, -0.05) is 66.3 Å². The Hall–Kier alpha value is -1.71. The first-order valence-electron chi connectivity index (χ1n) is 10.6. The van der Waals surface area contributed by atoms with Crippen LogP contribution >= 0.6 is 46.4 Å². The van der Waals surface area contributed by atoms with Crippen LogP contribution in [0.2, 0.25) is 20.1 Å². The molecular weight excluding hydrogens is 556 g/mol. The number of hydrogen-bond acceptors (Lipinski definition) is 4. The van der Waals surface area contributed by atoms with Gasteiger partial charge in [-0.3, -0.25) is 13.9 Å². The number of nitrogens with zero attached hydrogens (tertiary/aromatic N) is 2. The van der Waals surface area contributed by atoms with Gasteiger partial charge in [0.2, 0.25) is 21.8 Å². The molecule has 2 amide bonds. The maximum Gasteiger partial charge on any atom is 0.244 e. The van der Waals surface area contributed by atoms with Crippen molar-refractivity contribution in [3.63, 3.8) is 0 Å². The fourth-order valence-corrected chi connectivity index (χ4v) is 4.75. The van der Waals surface area contributed by atoms with Crippen molar-refractivity contribution >= 4 is 73.9 Å². The normalized spacial score (nSPS) is 12.4. The van der Waals surface area contributed by atoms with E-state index in [1.165, 1.54) is 23.1 Å². The molecule has 12 heteroatoms. The Morgan fingerprint density at radius 3 is 2.14 bits per heavy atom. The number of sulfonamides is 1. The number of halogens is 4. The monoisotopic (exact) mass is 581 g/mol. The molecular formula is C23H27Cl4N3O4S. The highest BCUT2D eigenvalue weighted by Crippen LogP contribution is 2.31. The molecule has 1 atom stereocenters. The lowest BCUT2D eigenvalue weighted by Gasteiger charge is -2.32. The summed E-state index contributed by atoms with van der Waals surface area (Å²) < 4.78 is 26.1. The maximum absolute atomic E-state index is 13.5. The molecule has 0 bridgehead atoms. The molecule has 35 heavy (non-hydrogen) atoms. The predicted octanol–water partition coefficient (Wildman–Crippen LogP) is 5.26. The number of benzene rings is 2. The molecule has 7 nitrogen and oxygen atoms in total. The molecule has 0 aromatic heterocycles. The van der Waals surface area contributed by atoms with Gasteiger partial charge in [-0.05, 0) is 48.7 Å². The Morgan fingerprint density at radius 2 is 1.57 bits per heavy atom. The largest absolute Gasteiger partial charge is 0.354 e. The summed E-state index contributed by atoms with van der Waals surface area (Å²) in [6, 6.07) is 8.25. The molecule has 0 aliphatic heterocycles. The first-order valence-corrected chi connectivity index (χ1v) is 14.0. The van der Waals surface area contributed by atoms with Gasteiger partial charge < -0.3 is 10.2 Å². The van der Waals surface area contributed by atoms with Gasteiger partial charge in [-0.15, -0.1) is 0 Å². The van der Waals surface area contributed by atoms with Crippen LogP contribution in [0.15, 0.2) is 36.4 Å². The van der Waals surface area contributed by atoms with Crippen molar-refractivity contribution in [2.45, 2.75) is 33.4 Å². The summed E-state index contributed by atoms with van der Waals surface area (Å²) in [6.45, 7) is 5.28. The van der Waals surface area contributed by atoms with Crippen LogP contribution in [-0.4, -0.2) is 50.5 Å². The second-order valence-electron chi connectivity index (χ2n) is 8.45. The van der Waals surface area contributed by atoms with E-state index in [0.717, 1.165) is 10.6 Å². The minimum absolute atomic E-state index is 0.00708. The molecule has 0 heterocycles. The third-order valence-electron chi connectivity index (χ3n) is 5.04. The Labute approximate surface area is 226 Å². The van der Waals surface area contributed by atoms with E-state index in [4.69, 9.17) is 46.4 Å². The number of carbonyl (C=O) groups is 2. The molecule has 0 aliphatic carbocycles. The standard InChI is InChI=1S/C23H27Cl4N3O4S/c1-14(2)11-28-23(32)15(3)29(12-16-5-7-18(25)20(27)9-16)22(31)13-30(35(4,33)34)21-10-17(24)6-8-19(21)26/h5-10,14-15H,11-13H2,1-4H3,(H,28,32). The van der Waals surface area contributed by atoms with Crippen molar-refractivity contribution in [1.29, 1.82) is 0 Å². The number of anilines is 1. The van der Waals surface area contributed by atoms with Crippen molar-refractivity contribution in [2.24, 2.45) is 5.92 Å². The van der Waals surface area contributed by atoms with E-state index in [0.29, 0.717) is 17.1 Å². The van der Waals surface area contributed by atoms with Crippen LogP contribution < -0.4 is 9.62 Å². The molecule has 0 fully saturated rings. The van der Waals surface area contributed by atoms with Crippen LogP contribution in [0.25, 0.3) is 0 Å². The van der Waals surface area contributed by atoms with E-state index in [2.05, 4.69) is 5.32 Å². The number of amides is 2. The average molecular weight is 583 g/mol. The minimum atomic E-state index is -3.93. The highest BCUT2D eigenvalue weighted by molar-refractivity contribution is 7.92. The molecule has 2 rings (SSSR count). The second kappa shape index (κ2) is 12.5. The van der Waals surface area contributed by atoms with E-state index in [1.807, 2.05) is 13.8 Å². The number of rotatable bonds is 10. The third-order valence-corrected chi connectivity index (χ3v) is 7.47. The molecule has 0 saturated carbocycles. The molecule has 2 aromatic rings. The van der Waals surface area contributed by atoms with Crippen molar-refractivity contribution in [3.05, 3.63) is 62.1 Å². The lowest BCUT2D eigenvalue weighted by atomic mass is 10.1. The number of hydrogen-bond donors (Lipinski definition) is 1. The highest BCUT2D eigenvalue weighted by Gasteiger charge is 2.31.